The van der Waals surface area contributed by atoms with Crippen LogP contribution in [0.2, 0.25) is 0 Å². The van der Waals surface area contributed by atoms with Crippen molar-refractivity contribution in [2.24, 2.45) is 0 Å². The van der Waals surface area contributed by atoms with Gasteiger partial charge < -0.3 is 40.2 Å². The van der Waals surface area contributed by atoms with E-state index in [9.17, 15) is 0 Å². The van der Waals surface area contributed by atoms with Crippen molar-refractivity contribution in [3.05, 3.63) is 29.8 Å². The summed E-state index contributed by atoms with van der Waals surface area (Å²) in [5.74, 6) is 0.875. The first-order chi connectivity index (χ1) is 15.4. The maximum absolute atomic E-state index is 5.77. The van der Waals surface area contributed by atoms with Crippen LogP contribution in [-0.2, 0) is 20.6 Å². The Morgan fingerprint density at radius 2 is 1.29 bits per heavy atom. The molecule has 31 heavy (non-hydrogen) atoms. The minimum atomic E-state index is 0.414. The Balaban J connectivity index is 1.58. The van der Waals surface area contributed by atoms with Crippen LogP contribution in [0, 0.1) is 0 Å². The van der Waals surface area contributed by atoms with Crippen LogP contribution in [0.15, 0.2) is 24.3 Å². The zero-order valence-corrected chi connectivity index (χ0v) is 19.1. The Bertz CT molecular complexity index is 521. The van der Waals surface area contributed by atoms with Crippen LogP contribution in [0.1, 0.15) is 12.5 Å². The minimum Gasteiger partial charge on any atom is -0.491 e. The molecule has 4 N–H and O–H groups in total. The third-order valence-corrected chi connectivity index (χ3v) is 4.93. The molecular weight excluding hydrogens is 396 g/mol. The molecule has 178 valence electrons. The van der Waals surface area contributed by atoms with Gasteiger partial charge in [-0.1, -0.05) is 12.1 Å². The lowest BCUT2D eigenvalue weighted by Gasteiger charge is -2.21. The Labute approximate surface area is 187 Å². The van der Waals surface area contributed by atoms with Gasteiger partial charge in [0.2, 0.25) is 0 Å². The van der Waals surface area contributed by atoms with Gasteiger partial charge in [0, 0.05) is 58.5 Å². The molecule has 0 bridgehead atoms. The number of benzene rings is 1. The Hall–Kier alpha value is -1.26. The molecule has 0 spiro atoms. The zero-order chi connectivity index (χ0) is 21.8. The normalized spacial score (nSPS) is 18.8. The highest BCUT2D eigenvalue weighted by Crippen LogP contribution is 2.13. The summed E-state index contributed by atoms with van der Waals surface area (Å²) in [7, 11) is 0. The number of rotatable bonds is 13. The number of hydrogen-bond donors (Lipinski definition) is 4. The lowest BCUT2D eigenvalue weighted by atomic mass is 10.1. The molecule has 0 amide bonds. The third-order valence-electron chi connectivity index (χ3n) is 4.93. The minimum absolute atomic E-state index is 0.414. The summed E-state index contributed by atoms with van der Waals surface area (Å²) < 4.78 is 21.9. The first kappa shape index (κ1) is 26.0. The Morgan fingerprint density at radius 1 is 0.710 bits per heavy atom. The van der Waals surface area contributed by atoms with Crippen LogP contribution in [-0.4, -0.2) is 98.1 Å². The predicted molar refractivity (Wildman–Crippen MR) is 124 cm³/mol. The van der Waals surface area contributed by atoms with Gasteiger partial charge >= 0.3 is 0 Å². The monoisotopic (exact) mass is 438 g/mol. The van der Waals surface area contributed by atoms with Crippen molar-refractivity contribution in [2.45, 2.75) is 19.4 Å². The van der Waals surface area contributed by atoms with Gasteiger partial charge in [-0.25, -0.2) is 0 Å². The molecule has 0 radical (unpaired) electrons. The van der Waals surface area contributed by atoms with E-state index >= 15 is 0 Å². The van der Waals surface area contributed by atoms with E-state index in [-0.39, 0.29) is 0 Å². The molecule has 8 nitrogen and oxygen atoms in total. The van der Waals surface area contributed by atoms with E-state index in [1.165, 1.54) is 5.56 Å². The lowest BCUT2D eigenvalue weighted by molar-refractivity contribution is 0.0114. The van der Waals surface area contributed by atoms with Crippen molar-refractivity contribution >= 4 is 0 Å². The first-order valence-corrected chi connectivity index (χ1v) is 11.7. The molecule has 1 aliphatic rings. The van der Waals surface area contributed by atoms with Crippen LogP contribution in [0.25, 0.3) is 0 Å². The SMILES string of the molecule is CCOCCOCCOCCOc1ccc(C[C@H]2CNCCNCCNCCN2)cc1. The molecule has 0 saturated carbocycles. The molecule has 2 rings (SSSR count). The van der Waals surface area contributed by atoms with Crippen LogP contribution in [0.3, 0.4) is 0 Å². The van der Waals surface area contributed by atoms with Gasteiger partial charge in [-0.05, 0) is 31.0 Å². The standard InChI is InChI=1S/C23H42N4O4/c1-2-28-13-14-29-15-16-30-17-18-31-23-5-3-21(4-6-23)19-22-20-26-10-9-24-7-8-25-11-12-27-22/h3-6,22,24-27H,2,7-20H2,1H3/t22-/m0/s1. The van der Waals surface area contributed by atoms with Crippen molar-refractivity contribution in [1.82, 2.24) is 21.3 Å². The zero-order valence-electron chi connectivity index (χ0n) is 19.1. The maximum Gasteiger partial charge on any atom is 0.119 e. The molecule has 1 fully saturated rings. The van der Waals surface area contributed by atoms with Gasteiger partial charge in [-0.2, -0.15) is 0 Å². The molecule has 0 unspecified atom stereocenters. The second kappa shape index (κ2) is 18.3. The van der Waals surface area contributed by atoms with Gasteiger partial charge in [-0.3, -0.25) is 0 Å². The van der Waals surface area contributed by atoms with E-state index in [0.29, 0.717) is 45.7 Å². The van der Waals surface area contributed by atoms with Gasteiger partial charge in [0.05, 0.1) is 33.0 Å². The van der Waals surface area contributed by atoms with Crippen molar-refractivity contribution < 1.29 is 18.9 Å². The Morgan fingerprint density at radius 3 is 1.97 bits per heavy atom. The highest BCUT2D eigenvalue weighted by Gasteiger charge is 2.09. The highest BCUT2D eigenvalue weighted by atomic mass is 16.6. The topological polar surface area (TPSA) is 85.0 Å². The summed E-state index contributed by atoms with van der Waals surface area (Å²) in [6, 6.07) is 8.80. The maximum atomic E-state index is 5.77. The smallest absolute Gasteiger partial charge is 0.119 e. The van der Waals surface area contributed by atoms with Crippen LogP contribution < -0.4 is 26.0 Å². The summed E-state index contributed by atoms with van der Waals surface area (Å²) in [5, 5.41) is 14.1. The molecule has 1 heterocycles. The summed E-state index contributed by atoms with van der Waals surface area (Å²) in [4.78, 5) is 0. The number of hydrogen-bond acceptors (Lipinski definition) is 8. The van der Waals surface area contributed by atoms with E-state index in [1.807, 2.05) is 19.1 Å². The first-order valence-electron chi connectivity index (χ1n) is 11.7. The number of ether oxygens (including phenoxy) is 4. The largest absolute Gasteiger partial charge is 0.491 e. The average Bonchev–Trinajstić information content (AvgIpc) is 2.78. The molecule has 1 aromatic rings. The molecular formula is C23H42N4O4. The number of nitrogens with one attached hydrogen (secondary N) is 4. The molecule has 1 atom stereocenters. The van der Waals surface area contributed by atoms with Gasteiger partial charge in [-0.15, -0.1) is 0 Å². The van der Waals surface area contributed by atoms with E-state index in [1.54, 1.807) is 0 Å². The van der Waals surface area contributed by atoms with E-state index in [2.05, 4.69) is 33.4 Å². The lowest BCUT2D eigenvalue weighted by Crippen LogP contribution is -2.46. The van der Waals surface area contributed by atoms with Crippen LogP contribution in [0.4, 0.5) is 0 Å². The molecule has 0 aromatic heterocycles. The summed E-state index contributed by atoms with van der Waals surface area (Å²) in [5.41, 5.74) is 1.31. The summed E-state index contributed by atoms with van der Waals surface area (Å²) in [6.07, 6.45) is 0.993. The molecule has 1 saturated heterocycles. The second-order valence-electron chi connectivity index (χ2n) is 7.47. The summed E-state index contributed by atoms with van der Waals surface area (Å²) >= 11 is 0. The molecule has 8 heteroatoms. The fourth-order valence-corrected chi connectivity index (χ4v) is 3.27. The van der Waals surface area contributed by atoms with E-state index in [4.69, 9.17) is 18.9 Å². The molecule has 1 aromatic carbocycles. The van der Waals surface area contributed by atoms with E-state index < -0.39 is 0 Å². The predicted octanol–water partition coefficient (Wildman–Crippen LogP) is 0.418. The quantitative estimate of drug-likeness (QED) is 0.330. The van der Waals surface area contributed by atoms with Gasteiger partial charge in [0.15, 0.2) is 0 Å². The van der Waals surface area contributed by atoms with Crippen LogP contribution >= 0.6 is 0 Å². The van der Waals surface area contributed by atoms with Gasteiger partial charge in [0.1, 0.15) is 12.4 Å². The van der Waals surface area contributed by atoms with Crippen molar-refractivity contribution in [2.75, 3.05) is 92.1 Å². The second-order valence-corrected chi connectivity index (χ2v) is 7.47. The van der Waals surface area contributed by atoms with Gasteiger partial charge in [0.25, 0.3) is 0 Å². The Kier molecular flexibility index (Phi) is 15.4. The average molecular weight is 439 g/mol. The fourth-order valence-electron chi connectivity index (χ4n) is 3.27. The van der Waals surface area contributed by atoms with Crippen molar-refractivity contribution in [1.29, 1.82) is 0 Å². The van der Waals surface area contributed by atoms with Crippen molar-refractivity contribution in [3.63, 3.8) is 0 Å². The highest BCUT2D eigenvalue weighted by molar-refractivity contribution is 5.27. The summed E-state index contributed by atoms with van der Waals surface area (Å²) in [6.45, 7) is 13.2. The van der Waals surface area contributed by atoms with Crippen molar-refractivity contribution in [3.8, 4) is 5.75 Å². The molecule has 0 aliphatic carbocycles. The van der Waals surface area contributed by atoms with Crippen LogP contribution in [0.5, 0.6) is 5.75 Å². The molecule has 1 aliphatic heterocycles. The van der Waals surface area contributed by atoms with E-state index in [0.717, 1.165) is 64.6 Å². The third kappa shape index (κ3) is 13.7. The fraction of sp³-hybridized carbons (Fsp3) is 0.739.